The first-order chi connectivity index (χ1) is 16.0. The van der Waals surface area contributed by atoms with Crippen LogP contribution in [0.3, 0.4) is 0 Å². The lowest BCUT2D eigenvalue weighted by molar-refractivity contribution is -0.0383. The SMILES string of the molecule is CCOc1ccc(CCOC(c2ccc3c(C#N)c4ccccn4c3c2)N(C)C(=O)O)cn1. The van der Waals surface area contributed by atoms with Crippen LogP contribution in [0.2, 0.25) is 0 Å². The third-order valence-corrected chi connectivity index (χ3v) is 5.47. The molecule has 168 valence electrons. The molecule has 8 nitrogen and oxygen atoms in total. The number of carboxylic acid groups (broad SMARTS) is 1. The first-order valence-electron chi connectivity index (χ1n) is 10.6. The zero-order valence-corrected chi connectivity index (χ0v) is 18.4. The van der Waals surface area contributed by atoms with E-state index in [1.807, 2.05) is 60.0 Å². The van der Waals surface area contributed by atoms with Crippen molar-refractivity contribution in [1.82, 2.24) is 14.3 Å². The first kappa shape index (κ1) is 22.1. The number of ether oxygens (including phenoxy) is 2. The minimum absolute atomic E-state index is 0.300. The molecular formula is C25H24N4O4. The monoisotopic (exact) mass is 444 g/mol. The molecule has 33 heavy (non-hydrogen) atoms. The van der Waals surface area contributed by atoms with Crippen LogP contribution in [0.1, 0.15) is 29.8 Å². The van der Waals surface area contributed by atoms with E-state index in [4.69, 9.17) is 9.47 Å². The molecule has 1 amide bonds. The summed E-state index contributed by atoms with van der Waals surface area (Å²) in [6, 6.07) is 17.2. The number of aromatic nitrogens is 2. The fourth-order valence-corrected chi connectivity index (χ4v) is 3.84. The van der Waals surface area contributed by atoms with Gasteiger partial charge in [-0.05, 0) is 37.1 Å². The number of rotatable bonds is 8. The fourth-order valence-electron chi connectivity index (χ4n) is 3.84. The van der Waals surface area contributed by atoms with E-state index in [0.717, 1.165) is 26.9 Å². The zero-order chi connectivity index (χ0) is 23.4. The lowest BCUT2D eigenvalue weighted by Gasteiger charge is -2.26. The van der Waals surface area contributed by atoms with Gasteiger partial charge in [0, 0.05) is 36.5 Å². The van der Waals surface area contributed by atoms with E-state index in [0.29, 0.717) is 36.6 Å². The molecule has 1 aromatic carbocycles. The van der Waals surface area contributed by atoms with Crippen LogP contribution in [0.5, 0.6) is 5.88 Å². The quantitative estimate of drug-likeness (QED) is 0.398. The second-order valence-corrected chi connectivity index (χ2v) is 7.52. The molecule has 8 heteroatoms. The van der Waals surface area contributed by atoms with Gasteiger partial charge in [-0.25, -0.2) is 9.78 Å². The third-order valence-electron chi connectivity index (χ3n) is 5.47. The van der Waals surface area contributed by atoms with Gasteiger partial charge in [0.05, 0.1) is 29.8 Å². The van der Waals surface area contributed by atoms with Gasteiger partial charge in [0.1, 0.15) is 6.07 Å². The molecule has 0 radical (unpaired) electrons. The van der Waals surface area contributed by atoms with E-state index in [1.165, 1.54) is 7.05 Å². The lowest BCUT2D eigenvalue weighted by atomic mass is 10.1. The summed E-state index contributed by atoms with van der Waals surface area (Å²) in [5.74, 6) is 0.565. The van der Waals surface area contributed by atoms with Crippen molar-refractivity contribution >= 4 is 22.5 Å². The van der Waals surface area contributed by atoms with E-state index >= 15 is 0 Å². The Labute approximate surface area is 191 Å². The van der Waals surface area contributed by atoms with Crippen LogP contribution in [0, 0.1) is 11.3 Å². The van der Waals surface area contributed by atoms with E-state index in [-0.39, 0.29) is 0 Å². The number of nitrogens with zero attached hydrogens (tertiary/aromatic N) is 4. The zero-order valence-electron chi connectivity index (χ0n) is 18.4. The maximum atomic E-state index is 11.7. The highest BCUT2D eigenvalue weighted by Crippen LogP contribution is 2.30. The molecule has 1 N–H and O–H groups in total. The molecule has 4 aromatic rings. The third kappa shape index (κ3) is 4.45. The van der Waals surface area contributed by atoms with E-state index < -0.39 is 12.3 Å². The number of nitriles is 1. The highest BCUT2D eigenvalue weighted by molar-refractivity contribution is 5.95. The van der Waals surface area contributed by atoms with Gasteiger partial charge >= 0.3 is 6.09 Å². The maximum Gasteiger partial charge on any atom is 0.409 e. The Morgan fingerprint density at radius 2 is 2.09 bits per heavy atom. The van der Waals surface area contributed by atoms with Crippen molar-refractivity contribution < 1.29 is 19.4 Å². The number of benzene rings is 1. The molecule has 0 bridgehead atoms. The number of pyridine rings is 2. The van der Waals surface area contributed by atoms with E-state index in [2.05, 4.69) is 11.1 Å². The fraction of sp³-hybridized carbons (Fsp3) is 0.240. The summed E-state index contributed by atoms with van der Waals surface area (Å²) in [5, 5.41) is 20.1. The molecule has 1 unspecified atom stereocenters. The number of hydrogen-bond acceptors (Lipinski definition) is 5. The molecule has 1 atom stereocenters. The average molecular weight is 444 g/mol. The van der Waals surface area contributed by atoms with Gasteiger partial charge in [-0.1, -0.05) is 24.3 Å². The Bertz CT molecular complexity index is 1320. The van der Waals surface area contributed by atoms with Crippen molar-refractivity contribution in [3.8, 4) is 11.9 Å². The van der Waals surface area contributed by atoms with Gasteiger partial charge in [-0.15, -0.1) is 0 Å². The minimum atomic E-state index is -1.10. The van der Waals surface area contributed by atoms with Gasteiger partial charge in [0.2, 0.25) is 5.88 Å². The summed E-state index contributed by atoms with van der Waals surface area (Å²) < 4.78 is 13.3. The maximum absolute atomic E-state index is 11.7. The van der Waals surface area contributed by atoms with Crippen LogP contribution < -0.4 is 4.74 Å². The van der Waals surface area contributed by atoms with Crippen molar-refractivity contribution in [3.63, 3.8) is 0 Å². The summed E-state index contributed by atoms with van der Waals surface area (Å²) in [7, 11) is 1.48. The van der Waals surface area contributed by atoms with Gasteiger partial charge in [0.25, 0.3) is 0 Å². The smallest absolute Gasteiger partial charge is 0.409 e. The van der Waals surface area contributed by atoms with E-state index in [9.17, 15) is 15.2 Å². The van der Waals surface area contributed by atoms with Gasteiger partial charge < -0.3 is 19.0 Å². The van der Waals surface area contributed by atoms with Gasteiger partial charge in [0.15, 0.2) is 6.23 Å². The standard InChI is InChI=1S/C25H24N4O4/c1-3-32-23-10-7-17(16-27-23)11-13-33-24(28(2)25(30)31)18-8-9-19-20(15-26)21-6-4-5-12-29(21)22(19)14-18/h4-10,12,14,16,24H,3,11,13H2,1-2H3,(H,30,31). The number of hydrogen-bond donors (Lipinski definition) is 1. The number of fused-ring (bicyclic) bond motifs is 3. The summed E-state index contributed by atoms with van der Waals surface area (Å²) in [6.07, 6.45) is 2.28. The highest BCUT2D eigenvalue weighted by Gasteiger charge is 2.23. The summed E-state index contributed by atoms with van der Waals surface area (Å²) in [4.78, 5) is 17.1. The van der Waals surface area contributed by atoms with Gasteiger partial charge in [-0.3, -0.25) is 4.90 Å². The average Bonchev–Trinajstić information content (AvgIpc) is 3.15. The molecule has 3 heterocycles. The molecule has 0 spiro atoms. The van der Waals surface area contributed by atoms with Gasteiger partial charge in [-0.2, -0.15) is 5.26 Å². The second-order valence-electron chi connectivity index (χ2n) is 7.52. The predicted molar refractivity (Wildman–Crippen MR) is 123 cm³/mol. The number of carbonyl (C=O) groups is 1. The normalized spacial score (nSPS) is 11.9. The topological polar surface area (TPSA) is 100 Å². The van der Waals surface area contributed by atoms with Crippen LogP contribution in [-0.2, 0) is 11.2 Å². The molecule has 0 fully saturated rings. The first-order valence-corrected chi connectivity index (χ1v) is 10.6. The molecule has 4 rings (SSSR count). The Balaban J connectivity index is 1.61. The molecule has 0 saturated heterocycles. The highest BCUT2D eigenvalue weighted by atomic mass is 16.5. The van der Waals surface area contributed by atoms with Crippen LogP contribution in [0.15, 0.2) is 60.9 Å². The van der Waals surface area contributed by atoms with Crippen molar-refractivity contribution in [2.45, 2.75) is 19.6 Å². The molecule has 3 aromatic heterocycles. The van der Waals surface area contributed by atoms with Crippen molar-refractivity contribution in [1.29, 1.82) is 5.26 Å². The summed E-state index contributed by atoms with van der Waals surface area (Å²) in [5.41, 5.74) is 3.86. The van der Waals surface area contributed by atoms with E-state index in [1.54, 1.807) is 12.3 Å². The minimum Gasteiger partial charge on any atom is -0.478 e. The Morgan fingerprint density at radius 3 is 2.79 bits per heavy atom. The molecular weight excluding hydrogens is 420 g/mol. The molecule has 0 aliphatic heterocycles. The molecule has 0 aliphatic rings. The van der Waals surface area contributed by atoms with Crippen molar-refractivity contribution in [3.05, 3.63) is 77.6 Å². The Kier molecular flexibility index (Phi) is 6.43. The summed E-state index contributed by atoms with van der Waals surface area (Å²) in [6.45, 7) is 2.75. The Hall–Kier alpha value is -4.09. The van der Waals surface area contributed by atoms with Crippen LogP contribution in [-0.4, -0.2) is 45.7 Å². The predicted octanol–water partition coefficient (Wildman–Crippen LogP) is 4.63. The second kappa shape index (κ2) is 9.59. The molecule has 0 saturated carbocycles. The summed E-state index contributed by atoms with van der Waals surface area (Å²) >= 11 is 0. The number of amides is 1. The molecule has 0 aliphatic carbocycles. The van der Waals surface area contributed by atoms with Crippen molar-refractivity contribution in [2.75, 3.05) is 20.3 Å². The van der Waals surface area contributed by atoms with Crippen LogP contribution in [0.25, 0.3) is 16.4 Å². The largest absolute Gasteiger partial charge is 0.478 e. The Morgan fingerprint density at radius 1 is 1.24 bits per heavy atom. The lowest BCUT2D eigenvalue weighted by Crippen LogP contribution is -2.32. The van der Waals surface area contributed by atoms with Crippen molar-refractivity contribution in [2.24, 2.45) is 0 Å². The van der Waals surface area contributed by atoms with Crippen LogP contribution in [0.4, 0.5) is 4.79 Å². The van der Waals surface area contributed by atoms with Crippen LogP contribution >= 0.6 is 0 Å².